The molecule has 0 radical (unpaired) electrons. The summed E-state index contributed by atoms with van der Waals surface area (Å²) in [5.41, 5.74) is 1.46. The van der Waals surface area contributed by atoms with E-state index < -0.39 is 0 Å². The van der Waals surface area contributed by atoms with Crippen LogP contribution in [0.4, 0.5) is 0 Å². The minimum atomic E-state index is 0.669. The first-order valence-corrected chi connectivity index (χ1v) is 7.02. The van der Waals surface area contributed by atoms with Crippen molar-refractivity contribution in [2.24, 2.45) is 5.92 Å². The standard InChI is InChI=1S/C17H21N/c1-13-6-9-17(18-12-13)11-14-7-8-15-4-2-3-5-16(15)10-14/h2-5,7-8,10,13,17-18H,6,9,11-12H2,1H3. The van der Waals surface area contributed by atoms with E-state index in [0.29, 0.717) is 6.04 Å². The summed E-state index contributed by atoms with van der Waals surface area (Å²) in [4.78, 5) is 0. The van der Waals surface area contributed by atoms with Crippen LogP contribution in [0.15, 0.2) is 42.5 Å². The predicted octanol–water partition coefficient (Wildman–Crippen LogP) is 3.77. The van der Waals surface area contributed by atoms with Gasteiger partial charge in [0.2, 0.25) is 0 Å². The van der Waals surface area contributed by atoms with Crippen molar-refractivity contribution in [3.63, 3.8) is 0 Å². The molecular weight excluding hydrogens is 218 g/mol. The van der Waals surface area contributed by atoms with Gasteiger partial charge in [-0.3, -0.25) is 0 Å². The highest BCUT2D eigenvalue weighted by atomic mass is 14.9. The Morgan fingerprint density at radius 1 is 1.06 bits per heavy atom. The number of piperidine rings is 1. The molecule has 0 aliphatic carbocycles. The van der Waals surface area contributed by atoms with Crippen LogP contribution in [0.1, 0.15) is 25.3 Å². The summed E-state index contributed by atoms with van der Waals surface area (Å²) in [7, 11) is 0. The summed E-state index contributed by atoms with van der Waals surface area (Å²) in [6.07, 6.45) is 3.84. The molecule has 2 atom stereocenters. The molecule has 1 aliphatic rings. The molecule has 18 heavy (non-hydrogen) atoms. The maximum absolute atomic E-state index is 3.67. The maximum Gasteiger partial charge on any atom is 0.0108 e. The lowest BCUT2D eigenvalue weighted by Crippen LogP contribution is -2.39. The SMILES string of the molecule is CC1CCC(Cc2ccc3ccccc3c2)NC1. The summed E-state index contributed by atoms with van der Waals surface area (Å²) in [5.74, 6) is 0.845. The highest BCUT2D eigenvalue weighted by Gasteiger charge is 2.17. The van der Waals surface area contributed by atoms with Crippen molar-refractivity contribution in [3.8, 4) is 0 Å². The van der Waals surface area contributed by atoms with Crippen LogP contribution in [0.2, 0.25) is 0 Å². The van der Waals surface area contributed by atoms with Gasteiger partial charge in [0, 0.05) is 6.04 Å². The van der Waals surface area contributed by atoms with Crippen molar-refractivity contribution in [3.05, 3.63) is 48.0 Å². The summed E-state index contributed by atoms with van der Waals surface area (Å²) < 4.78 is 0. The Morgan fingerprint density at radius 2 is 1.89 bits per heavy atom. The molecule has 94 valence electrons. The largest absolute Gasteiger partial charge is 0.313 e. The number of benzene rings is 2. The van der Waals surface area contributed by atoms with E-state index in [-0.39, 0.29) is 0 Å². The van der Waals surface area contributed by atoms with E-state index in [1.807, 2.05) is 0 Å². The minimum Gasteiger partial charge on any atom is -0.313 e. The number of hydrogen-bond donors (Lipinski definition) is 1. The lowest BCUT2D eigenvalue weighted by Gasteiger charge is -2.27. The molecular formula is C17H21N. The third kappa shape index (κ3) is 2.56. The number of nitrogens with one attached hydrogen (secondary N) is 1. The topological polar surface area (TPSA) is 12.0 Å². The fourth-order valence-electron chi connectivity index (χ4n) is 2.88. The van der Waals surface area contributed by atoms with Gasteiger partial charge < -0.3 is 5.32 Å². The zero-order valence-electron chi connectivity index (χ0n) is 11.0. The fraction of sp³-hybridized carbons (Fsp3) is 0.412. The average molecular weight is 239 g/mol. The van der Waals surface area contributed by atoms with Crippen molar-refractivity contribution < 1.29 is 0 Å². The highest BCUT2D eigenvalue weighted by Crippen LogP contribution is 2.20. The van der Waals surface area contributed by atoms with Crippen LogP contribution < -0.4 is 5.32 Å². The Hall–Kier alpha value is -1.34. The molecule has 0 bridgehead atoms. The predicted molar refractivity (Wildman–Crippen MR) is 77.8 cm³/mol. The van der Waals surface area contributed by atoms with Crippen LogP contribution in [0.25, 0.3) is 10.8 Å². The first-order valence-electron chi connectivity index (χ1n) is 7.02. The molecule has 1 nitrogen and oxygen atoms in total. The van der Waals surface area contributed by atoms with Gasteiger partial charge in [0.05, 0.1) is 0 Å². The monoisotopic (exact) mass is 239 g/mol. The van der Waals surface area contributed by atoms with Crippen molar-refractivity contribution >= 4 is 10.8 Å². The van der Waals surface area contributed by atoms with Gasteiger partial charge in [-0.15, -0.1) is 0 Å². The van der Waals surface area contributed by atoms with Crippen molar-refractivity contribution in [2.75, 3.05) is 6.54 Å². The lowest BCUT2D eigenvalue weighted by molar-refractivity contribution is 0.326. The second-order valence-corrected chi connectivity index (χ2v) is 5.67. The molecule has 2 aromatic carbocycles. The summed E-state index contributed by atoms with van der Waals surface area (Å²) in [6.45, 7) is 3.51. The molecule has 0 spiro atoms. The average Bonchev–Trinajstić information content (AvgIpc) is 2.41. The summed E-state index contributed by atoms with van der Waals surface area (Å²) in [5, 5.41) is 6.37. The Morgan fingerprint density at radius 3 is 2.67 bits per heavy atom. The van der Waals surface area contributed by atoms with Crippen molar-refractivity contribution in [1.82, 2.24) is 5.32 Å². The van der Waals surface area contributed by atoms with Gasteiger partial charge in [0.25, 0.3) is 0 Å². The zero-order chi connectivity index (χ0) is 12.4. The van der Waals surface area contributed by atoms with Crippen LogP contribution >= 0.6 is 0 Å². The Balaban J connectivity index is 1.74. The van der Waals surface area contributed by atoms with Crippen LogP contribution in [0.3, 0.4) is 0 Å². The van der Waals surface area contributed by atoms with Gasteiger partial charge in [-0.2, -0.15) is 0 Å². The van der Waals surface area contributed by atoms with Crippen molar-refractivity contribution in [1.29, 1.82) is 0 Å². The molecule has 1 heteroatoms. The fourth-order valence-corrected chi connectivity index (χ4v) is 2.88. The molecule has 0 amide bonds. The summed E-state index contributed by atoms with van der Waals surface area (Å²) in [6, 6.07) is 16.1. The molecule has 0 saturated carbocycles. The highest BCUT2D eigenvalue weighted by molar-refractivity contribution is 5.82. The minimum absolute atomic E-state index is 0.669. The van der Waals surface area contributed by atoms with Crippen molar-refractivity contribution in [2.45, 2.75) is 32.2 Å². The molecule has 1 heterocycles. The lowest BCUT2D eigenvalue weighted by atomic mass is 9.92. The Labute approximate surface area is 109 Å². The number of hydrogen-bond acceptors (Lipinski definition) is 1. The normalized spacial score (nSPS) is 24.3. The van der Waals surface area contributed by atoms with E-state index in [4.69, 9.17) is 0 Å². The first kappa shape index (κ1) is 11.7. The van der Waals surface area contributed by atoms with Gasteiger partial charge in [-0.05, 0) is 48.1 Å². The second-order valence-electron chi connectivity index (χ2n) is 5.67. The van der Waals surface area contributed by atoms with Gasteiger partial charge in [-0.1, -0.05) is 49.4 Å². The van der Waals surface area contributed by atoms with E-state index in [9.17, 15) is 0 Å². The van der Waals surface area contributed by atoms with Crippen LogP contribution in [0.5, 0.6) is 0 Å². The molecule has 1 aliphatic heterocycles. The van der Waals surface area contributed by atoms with Crippen LogP contribution in [-0.4, -0.2) is 12.6 Å². The number of rotatable bonds is 2. The van der Waals surface area contributed by atoms with Gasteiger partial charge in [0.1, 0.15) is 0 Å². The first-order chi connectivity index (χ1) is 8.81. The Kier molecular flexibility index (Phi) is 3.33. The van der Waals surface area contributed by atoms with Gasteiger partial charge >= 0.3 is 0 Å². The maximum atomic E-state index is 3.67. The third-order valence-electron chi connectivity index (χ3n) is 4.06. The third-order valence-corrected chi connectivity index (χ3v) is 4.06. The van der Waals surface area contributed by atoms with Crippen LogP contribution in [-0.2, 0) is 6.42 Å². The van der Waals surface area contributed by atoms with E-state index in [1.54, 1.807) is 0 Å². The zero-order valence-corrected chi connectivity index (χ0v) is 11.0. The smallest absolute Gasteiger partial charge is 0.0108 e. The molecule has 1 saturated heterocycles. The molecule has 0 aromatic heterocycles. The summed E-state index contributed by atoms with van der Waals surface area (Å²) >= 11 is 0. The van der Waals surface area contributed by atoms with E-state index >= 15 is 0 Å². The van der Waals surface area contributed by atoms with E-state index in [2.05, 4.69) is 54.7 Å². The molecule has 1 fully saturated rings. The van der Waals surface area contributed by atoms with Gasteiger partial charge in [0.15, 0.2) is 0 Å². The van der Waals surface area contributed by atoms with Gasteiger partial charge in [-0.25, -0.2) is 0 Å². The Bertz CT molecular complexity index is 524. The van der Waals surface area contributed by atoms with E-state index in [0.717, 1.165) is 12.3 Å². The molecule has 2 aromatic rings. The molecule has 2 unspecified atom stereocenters. The quantitative estimate of drug-likeness (QED) is 0.841. The van der Waals surface area contributed by atoms with E-state index in [1.165, 1.54) is 35.7 Å². The molecule has 3 rings (SSSR count). The number of fused-ring (bicyclic) bond motifs is 1. The second kappa shape index (κ2) is 5.11. The van der Waals surface area contributed by atoms with Crippen LogP contribution in [0, 0.1) is 5.92 Å². The molecule has 1 N–H and O–H groups in total.